The van der Waals surface area contributed by atoms with Crippen LogP contribution in [0.15, 0.2) is 47.1 Å². The first-order chi connectivity index (χ1) is 9.97. The predicted octanol–water partition coefficient (Wildman–Crippen LogP) is 3.16. The minimum absolute atomic E-state index is 0.270. The van der Waals surface area contributed by atoms with Gasteiger partial charge in [0, 0.05) is 19.5 Å². The lowest BCUT2D eigenvalue weighted by molar-refractivity contribution is -0.137. The second kappa shape index (κ2) is 6.78. The first kappa shape index (κ1) is 15.6. The molecule has 114 valence electrons. The zero-order valence-corrected chi connectivity index (χ0v) is 11.2. The van der Waals surface area contributed by atoms with Crippen LogP contribution in [0.1, 0.15) is 23.0 Å². The maximum Gasteiger partial charge on any atom is 0.416 e. The fourth-order valence-corrected chi connectivity index (χ4v) is 1.92. The van der Waals surface area contributed by atoms with Crippen molar-refractivity contribution in [2.75, 3.05) is 13.1 Å². The summed E-state index contributed by atoms with van der Waals surface area (Å²) < 4.78 is 42.4. The van der Waals surface area contributed by atoms with Crippen LogP contribution in [0.25, 0.3) is 0 Å². The summed E-state index contributed by atoms with van der Waals surface area (Å²) >= 11 is 0. The summed E-state index contributed by atoms with van der Waals surface area (Å²) in [4.78, 5) is 0. The van der Waals surface area contributed by atoms with E-state index in [1.54, 1.807) is 12.3 Å². The van der Waals surface area contributed by atoms with Gasteiger partial charge >= 0.3 is 6.18 Å². The summed E-state index contributed by atoms with van der Waals surface area (Å²) in [6.45, 7) is 0.886. The number of aliphatic hydroxyl groups is 1. The highest BCUT2D eigenvalue weighted by molar-refractivity contribution is 5.26. The molecule has 1 aromatic heterocycles. The molecule has 0 aliphatic rings. The molecule has 2 aromatic rings. The van der Waals surface area contributed by atoms with Crippen LogP contribution in [-0.4, -0.2) is 18.2 Å². The molecule has 0 amide bonds. The number of benzene rings is 1. The Morgan fingerprint density at radius 2 is 1.86 bits per heavy atom. The van der Waals surface area contributed by atoms with Crippen molar-refractivity contribution in [2.45, 2.75) is 18.7 Å². The highest BCUT2D eigenvalue weighted by atomic mass is 19.4. The molecule has 1 atom stereocenters. The van der Waals surface area contributed by atoms with Gasteiger partial charge in [0.1, 0.15) is 5.76 Å². The maximum atomic E-state index is 12.4. The van der Waals surface area contributed by atoms with E-state index in [1.165, 1.54) is 12.1 Å². The van der Waals surface area contributed by atoms with Crippen molar-refractivity contribution >= 4 is 0 Å². The van der Waals surface area contributed by atoms with Crippen LogP contribution in [0.4, 0.5) is 13.2 Å². The van der Waals surface area contributed by atoms with Gasteiger partial charge < -0.3 is 14.8 Å². The minimum Gasteiger partial charge on any atom is -0.469 e. The molecule has 0 fully saturated rings. The Bertz CT molecular complexity index is 535. The van der Waals surface area contributed by atoms with Gasteiger partial charge in [-0.15, -0.1) is 0 Å². The fourth-order valence-electron chi connectivity index (χ4n) is 1.92. The Morgan fingerprint density at radius 3 is 2.43 bits per heavy atom. The van der Waals surface area contributed by atoms with E-state index in [1.807, 2.05) is 6.07 Å². The molecule has 6 heteroatoms. The normalized spacial score (nSPS) is 13.3. The van der Waals surface area contributed by atoms with Crippen LogP contribution < -0.4 is 5.32 Å². The first-order valence-electron chi connectivity index (χ1n) is 6.55. The van der Waals surface area contributed by atoms with E-state index in [9.17, 15) is 18.3 Å². The fraction of sp³-hybridized carbons (Fsp3) is 0.333. The molecule has 2 rings (SSSR count). The number of aliphatic hydroxyl groups excluding tert-OH is 1. The van der Waals surface area contributed by atoms with Gasteiger partial charge in [0.05, 0.1) is 17.9 Å². The Labute approximate surface area is 120 Å². The van der Waals surface area contributed by atoms with E-state index in [2.05, 4.69) is 5.32 Å². The van der Waals surface area contributed by atoms with Gasteiger partial charge in [0.2, 0.25) is 0 Å². The van der Waals surface area contributed by atoms with Gasteiger partial charge in [-0.1, -0.05) is 12.1 Å². The molecule has 0 saturated heterocycles. The Kier molecular flexibility index (Phi) is 5.03. The largest absolute Gasteiger partial charge is 0.469 e. The average Bonchev–Trinajstić information content (AvgIpc) is 2.96. The summed E-state index contributed by atoms with van der Waals surface area (Å²) in [7, 11) is 0. The van der Waals surface area contributed by atoms with Crippen LogP contribution >= 0.6 is 0 Å². The smallest absolute Gasteiger partial charge is 0.416 e. The number of nitrogens with one attached hydrogen (secondary N) is 1. The number of hydrogen-bond donors (Lipinski definition) is 2. The third-order valence-electron chi connectivity index (χ3n) is 3.09. The molecule has 0 bridgehead atoms. The molecule has 0 aliphatic heterocycles. The topological polar surface area (TPSA) is 45.4 Å². The molecule has 21 heavy (non-hydrogen) atoms. The van der Waals surface area contributed by atoms with Crippen LogP contribution in [0.5, 0.6) is 0 Å². The lowest BCUT2D eigenvalue weighted by Crippen LogP contribution is -2.23. The van der Waals surface area contributed by atoms with Crippen molar-refractivity contribution in [3.05, 3.63) is 59.5 Å². The highest BCUT2D eigenvalue weighted by Gasteiger charge is 2.30. The van der Waals surface area contributed by atoms with Crippen molar-refractivity contribution in [3.8, 4) is 0 Å². The third kappa shape index (κ3) is 4.61. The third-order valence-corrected chi connectivity index (χ3v) is 3.09. The molecule has 1 aromatic carbocycles. The number of alkyl halides is 3. The minimum atomic E-state index is -4.36. The van der Waals surface area contributed by atoms with Crippen LogP contribution in [-0.2, 0) is 12.6 Å². The van der Waals surface area contributed by atoms with Gasteiger partial charge in [0.25, 0.3) is 0 Å². The molecule has 0 aliphatic carbocycles. The summed E-state index contributed by atoms with van der Waals surface area (Å²) in [5.74, 6) is 0.839. The Balaban J connectivity index is 1.79. The summed E-state index contributed by atoms with van der Waals surface area (Å²) in [5, 5.41) is 12.9. The Hall–Kier alpha value is -1.79. The molecular weight excluding hydrogens is 283 g/mol. The molecule has 0 saturated carbocycles. The zero-order chi connectivity index (χ0) is 15.3. The van der Waals surface area contributed by atoms with Crippen LogP contribution in [0, 0.1) is 0 Å². The van der Waals surface area contributed by atoms with Crippen molar-refractivity contribution in [1.82, 2.24) is 5.32 Å². The van der Waals surface area contributed by atoms with Crippen molar-refractivity contribution in [2.24, 2.45) is 0 Å². The Morgan fingerprint density at radius 1 is 1.14 bits per heavy atom. The van der Waals surface area contributed by atoms with E-state index >= 15 is 0 Å². The van der Waals surface area contributed by atoms with E-state index in [0.29, 0.717) is 18.5 Å². The molecule has 3 nitrogen and oxygen atoms in total. The van der Waals surface area contributed by atoms with E-state index in [4.69, 9.17) is 4.42 Å². The van der Waals surface area contributed by atoms with Gasteiger partial charge in [-0.3, -0.25) is 0 Å². The second-order valence-electron chi connectivity index (χ2n) is 4.67. The summed E-state index contributed by atoms with van der Waals surface area (Å²) in [6, 6.07) is 8.19. The SMILES string of the molecule is OC(CNCCc1ccco1)c1ccc(C(F)(F)F)cc1. The van der Waals surface area contributed by atoms with Crippen molar-refractivity contribution in [1.29, 1.82) is 0 Å². The molecule has 1 heterocycles. The van der Waals surface area contributed by atoms with Crippen LogP contribution in [0.2, 0.25) is 0 Å². The molecule has 0 spiro atoms. The molecular formula is C15H16F3NO2. The number of hydrogen-bond acceptors (Lipinski definition) is 3. The van der Waals surface area contributed by atoms with E-state index in [-0.39, 0.29) is 6.54 Å². The maximum absolute atomic E-state index is 12.4. The monoisotopic (exact) mass is 299 g/mol. The van der Waals surface area contributed by atoms with Crippen molar-refractivity contribution in [3.63, 3.8) is 0 Å². The van der Waals surface area contributed by atoms with Gasteiger partial charge in [-0.05, 0) is 29.8 Å². The second-order valence-corrected chi connectivity index (χ2v) is 4.67. The highest BCUT2D eigenvalue weighted by Crippen LogP contribution is 2.29. The van der Waals surface area contributed by atoms with Gasteiger partial charge in [-0.25, -0.2) is 0 Å². The van der Waals surface area contributed by atoms with Gasteiger partial charge in [0.15, 0.2) is 0 Å². The van der Waals surface area contributed by atoms with Gasteiger partial charge in [-0.2, -0.15) is 13.2 Å². The van der Waals surface area contributed by atoms with Crippen LogP contribution in [0.3, 0.4) is 0 Å². The first-order valence-corrected chi connectivity index (χ1v) is 6.55. The molecule has 0 radical (unpaired) electrons. The molecule has 2 N–H and O–H groups in total. The lowest BCUT2D eigenvalue weighted by Gasteiger charge is -2.13. The number of rotatable bonds is 6. The van der Waals surface area contributed by atoms with E-state index < -0.39 is 17.8 Å². The van der Waals surface area contributed by atoms with E-state index in [0.717, 1.165) is 17.9 Å². The zero-order valence-electron chi connectivity index (χ0n) is 11.2. The standard InChI is InChI=1S/C15H16F3NO2/c16-15(17,18)12-5-3-11(4-6-12)14(20)10-19-8-7-13-2-1-9-21-13/h1-6,9,14,19-20H,7-8,10H2. The average molecular weight is 299 g/mol. The summed E-state index contributed by atoms with van der Waals surface area (Å²) in [5.41, 5.74) is -0.266. The lowest BCUT2D eigenvalue weighted by atomic mass is 10.1. The number of halogens is 3. The van der Waals surface area contributed by atoms with Crippen molar-refractivity contribution < 1.29 is 22.7 Å². The molecule has 1 unspecified atom stereocenters. The number of furan rings is 1. The summed E-state index contributed by atoms with van der Waals surface area (Å²) in [6.07, 6.45) is -2.92. The predicted molar refractivity (Wildman–Crippen MR) is 71.7 cm³/mol. The quantitative estimate of drug-likeness (QED) is 0.805.